The molecule has 2 atom stereocenters. The summed E-state index contributed by atoms with van der Waals surface area (Å²) in [4.78, 5) is 11.7. The zero-order valence-electron chi connectivity index (χ0n) is 11.9. The maximum Gasteiger partial charge on any atom is 0.233 e. The van der Waals surface area contributed by atoms with Crippen LogP contribution in [0.5, 0.6) is 0 Å². The highest BCUT2D eigenvalue weighted by Crippen LogP contribution is 2.27. The van der Waals surface area contributed by atoms with Crippen molar-refractivity contribution in [2.75, 3.05) is 13.1 Å². The van der Waals surface area contributed by atoms with E-state index in [1.165, 1.54) is 18.4 Å². The summed E-state index contributed by atoms with van der Waals surface area (Å²) in [6.07, 6.45) is 2.55. The molecule has 0 saturated heterocycles. The average Bonchev–Trinajstić information content (AvgIpc) is 3.26. The maximum absolute atomic E-state index is 11.7. The van der Waals surface area contributed by atoms with E-state index < -0.39 is 0 Å². The number of carbonyl (C=O) groups is 1. The molecule has 2 N–H and O–H groups in total. The lowest BCUT2D eigenvalue weighted by Gasteiger charge is -2.21. The van der Waals surface area contributed by atoms with E-state index in [1.807, 2.05) is 6.07 Å². The topological polar surface area (TPSA) is 41.1 Å². The van der Waals surface area contributed by atoms with Gasteiger partial charge < -0.3 is 10.6 Å². The minimum atomic E-state index is 0.110. The molecule has 104 valence electrons. The van der Waals surface area contributed by atoms with Gasteiger partial charge in [0.05, 0.1) is 6.54 Å². The van der Waals surface area contributed by atoms with Crippen LogP contribution in [0.3, 0.4) is 0 Å². The molecule has 0 unspecified atom stereocenters. The van der Waals surface area contributed by atoms with Crippen LogP contribution in [0.2, 0.25) is 0 Å². The first-order valence-electron chi connectivity index (χ1n) is 7.22. The number of hydrogen-bond donors (Lipinski definition) is 2. The molecule has 1 aliphatic rings. The molecule has 1 aromatic carbocycles. The number of amides is 1. The minimum Gasteiger partial charge on any atom is -0.355 e. The molecule has 0 radical (unpaired) electrons. The molecule has 2 rings (SSSR count). The third-order valence-corrected chi connectivity index (χ3v) is 3.94. The Kier molecular flexibility index (Phi) is 4.97. The summed E-state index contributed by atoms with van der Waals surface area (Å²) in [5.74, 6) is 1.25. The van der Waals surface area contributed by atoms with Crippen molar-refractivity contribution in [1.29, 1.82) is 0 Å². The van der Waals surface area contributed by atoms with Crippen molar-refractivity contribution in [2.45, 2.75) is 38.6 Å². The summed E-state index contributed by atoms with van der Waals surface area (Å²) in [6.45, 7) is 5.58. The van der Waals surface area contributed by atoms with Crippen LogP contribution in [0, 0.1) is 5.92 Å². The predicted molar refractivity (Wildman–Crippen MR) is 78.1 cm³/mol. The monoisotopic (exact) mass is 260 g/mol. The standard InChI is InChI=1S/C16H24N2O/c1-12(15-6-4-3-5-7-15)13(2)17-11-16(19)18-10-14-8-9-14/h3-7,12-14,17H,8-11H2,1-2H3,(H,18,19)/t12-,13-/m0/s1. The molecular weight excluding hydrogens is 236 g/mol. The molecule has 0 spiro atoms. The Morgan fingerprint density at radius 1 is 1.26 bits per heavy atom. The van der Waals surface area contributed by atoms with Crippen molar-refractivity contribution in [3.63, 3.8) is 0 Å². The normalized spacial score (nSPS) is 17.8. The molecular formula is C16H24N2O. The van der Waals surface area contributed by atoms with Gasteiger partial charge in [0, 0.05) is 12.6 Å². The van der Waals surface area contributed by atoms with E-state index in [4.69, 9.17) is 0 Å². The van der Waals surface area contributed by atoms with Gasteiger partial charge in [0.2, 0.25) is 5.91 Å². The summed E-state index contributed by atoms with van der Waals surface area (Å²) in [5, 5.41) is 6.29. The van der Waals surface area contributed by atoms with E-state index >= 15 is 0 Å². The first-order valence-corrected chi connectivity index (χ1v) is 7.22. The fourth-order valence-electron chi connectivity index (χ4n) is 2.12. The fourth-order valence-corrected chi connectivity index (χ4v) is 2.12. The average molecular weight is 260 g/mol. The van der Waals surface area contributed by atoms with Crippen molar-refractivity contribution in [1.82, 2.24) is 10.6 Å². The van der Waals surface area contributed by atoms with Crippen molar-refractivity contribution >= 4 is 5.91 Å². The molecule has 0 aliphatic heterocycles. The van der Waals surface area contributed by atoms with Gasteiger partial charge in [0.15, 0.2) is 0 Å². The van der Waals surface area contributed by atoms with Crippen molar-refractivity contribution in [2.24, 2.45) is 5.92 Å². The molecule has 0 aromatic heterocycles. The molecule has 1 saturated carbocycles. The van der Waals surface area contributed by atoms with Crippen LogP contribution in [-0.4, -0.2) is 25.0 Å². The molecule has 19 heavy (non-hydrogen) atoms. The van der Waals surface area contributed by atoms with Crippen molar-refractivity contribution in [3.8, 4) is 0 Å². The fraction of sp³-hybridized carbons (Fsp3) is 0.562. The van der Waals surface area contributed by atoms with Crippen molar-refractivity contribution in [3.05, 3.63) is 35.9 Å². The molecule has 1 aromatic rings. The maximum atomic E-state index is 11.7. The van der Waals surface area contributed by atoms with E-state index in [9.17, 15) is 4.79 Å². The molecule has 1 amide bonds. The lowest BCUT2D eigenvalue weighted by Crippen LogP contribution is -2.40. The van der Waals surface area contributed by atoms with Crippen LogP contribution >= 0.6 is 0 Å². The van der Waals surface area contributed by atoms with E-state index in [0.717, 1.165) is 12.5 Å². The summed E-state index contributed by atoms with van der Waals surface area (Å²) in [5.41, 5.74) is 1.31. The van der Waals surface area contributed by atoms with E-state index in [2.05, 4.69) is 48.7 Å². The number of rotatable bonds is 7. The second-order valence-electron chi connectivity index (χ2n) is 5.62. The van der Waals surface area contributed by atoms with Crippen LogP contribution in [0.25, 0.3) is 0 Å². The van der Waals surface area contributed by atoms with Gasteiger partial charge in [-0.25, -0.2) is 0 Å². The highest BCUT2D eigenvalue weighted by Gasteiger charge is 2.21. The van der Waals surface area contributed by atoms with Crippen LogP contribution in [0.4, 0.5) is 0 Å². The van der Waals surface area contributed by atoms with Crippen LogP contribution in [0.15, 0.2) is 30.3 Å². The van der Waals surface area contributed by atoms with Gasteiger partial charge in [-0.2, -0.15) is 0 Å². The lowest BCUT2D eigenvalue weighted by molar-refractivity contribution is -0.120. The number of nitrogens with one attached hydrogen (secondary N) is 2. The third kappa shape index (κ3) is 4.67. The molecule has 1 fully saturated rings. The molecule has 3 heteroatoms. The van der Waals surface area contributed by atoms with Gasteiger partial charge in [-0.1, -0.05) is 37.3 Å². The van der Waals surface area contributed by atoms with Gasteiger partial charge >= 0.3 is 0 Å². The Morgan fingerprint density at radius 2 is 1.95 bits per heavy atom. The molecule has 3 nitrogen and oxygen atoms in total. The first kappa shape index (κ1) is 14.1. The zero-order chi connectivity index (χ0) is 13.7. The molecule has 0 heterocycles. The lowest BCUT2D eigenvalue weighted by atomic mass is 9.94. The molecule has 0 bridgehead atoms. The largest absolute Gasteiger partial charge is 0.355 e. The van der Waals surface area contributed by atoms with Gasteiger partial charge in [0.1, 0.15) is 0 Å². The van der Waals surface area contributed by atoms with E-state index in [1.54, 1.807) is 0 Å². The van der Waals surface area contributed by atoms with E-state index in [-0.39, 0.29) is 11.9 Å². The van der Waals surface area contributed by atoms with Crippen molar-refractivity contribution < 1.29 is 4.79 Å². The quantitative estimate of drug-likeness (QED) is 0.790. The SMILES string of the molecule is C[C@H](NCC(=O)NCC1CC1)[C@H](C)c1ccccc1. The van der Waals surface area contributed by atoms with Gasteiger partial charge in [-0.3, -0.25) is 4.79 Å². The summed E-state index contributed by atoms with van der Waals surface area (Å²) in [7, 11) is 0. The Balaban J connectivity index is 1.70. The van der Waals surface area contributed by atoms with Gasteiger partial charge in [-0.15, -0.1) is 0 Å². The second kappa shape index (κ2) is 6.71. The zero-order valence-corrected chi connectivity index (χ0v) is 11.9. The number of carbonyl (C=O) groups excluding carboxylic acids is 1. The number of hydrogen-bond acceptors (Lipinski definition) is 2. The molecule has 1 aliphatic carbocycles. The minimum absolute atomic E-state index is 0.110. The van der Waals surface area contributed by atoms with Crippen LogP contribution < -0.4 is 10.6 Å². The Bertz CT molecular complexity index is 400. The van der Waals surface area contributed by atoms with E-state index in [0.29, 0.717) is 12.5 Å². The first-order chi connectivity index (χ1) is 9.16. The highest BCUT2D eigenvalue weighted by atomic mass is 16.1. The second-order valence-corrected chi connectivity index (χ2v) is 5.62. The van der Waals surface area contributed by atoms with Crippen LogP contribution in [-0.2, 0) is 4.79 Å². The Morgan fingerprint density at radius 3 is 2.58 bits per heavy atom. The summed E-state index contributed by atoms with van der Waals surface area (Å²) in [6, 6.07) is 10.7. The Labute approximate surface area is 115 Å². The summed E-state index contributed by atoms with van der Waals surface area (Å²) >= 11 is 0. The van der Waals surface area contributed by atoms with Crippen LogP contribution in [0.1, 0.15) is 38.2 Å². The third-order valence-electron chi connectivity index (χ3n) is 3.94. The summed E-state index contributed by atoms with van der Waals surface area (Å²) < 4.78 is 0. The number of benzene rings is 1. The van der Waals surface area contributed by atoms with Gasteiger partial charge in [-0.05, 0) is 37.2 Å². The smallest absolute Gasteiger partial charge is 0.233 e. The Hall–Kier alpha value is -1.35. The predicted octanol–water partition coefficient (Wildman–Crippen LogP) is 2.29. The highest BCUT2D eigenvalue weighted by molar-refractivity contribution is 5.78. The van der Waals surface area contributed by atoms with Gasteiger partial charge in [0.25, 0.3) is 0 Å².